The highest BCUT2D eigenvalue weighted by atomic mass is 16.3. The minimum Gasteiger partial charge on any atom is -0.448 e. The maximum atomic E-state index is 5.19. The van der Waals surface area contributed by atoms with Crippen LogP contribution in [0, 0.1) is 0 Å². The van der Waals surface area contributed by atoms with Crippen molar-refractivity contribution in [2.24, 2.45) is 0 Å². The summed E-state index contributed by atoms with van der Waals surface area (Å²) in [5.41, 5.74) is 1.03. The first kappa shape index (κ1) is 9.26. The van der Waals surface area contributed by atoms with Gasteiger partial charge in [-0.2, -0.15) is 0 Å². The SMILES string of the molecule is CCc1ocnc1CNC(C)C. The fraction of sp³-hybridized carbons (Fsp3) is 0.667. The summed E-state index contributed by atoms with van der Waals surface area (Å²) in [6.45, 7) is 7.11. The zero-order valence-corrected chi connectivity index (χ0v) is 7.92. The second-order valence-electron chi connectivity index (χ2n) is 3.11. The summed E-state index contributed by atoms with van der Waals surface area (Å²) in [5.74, 6) is 0.989. The molecule has 0 aliphatic heterocycles. The Balaban J connectivity index is 2.50. The lowest BCUT2D eigenvalue weighted by Crippen LogP contribution is -2.22. The third kappa shape index (κ3) is 2.34. The van der Waals surface area contributed by atoms with Gasteiger partial charge in [0.1, 0.15) is 5.76 Å². The zero-order valence-electron chi connectivity index (χ0n) is 7.92. The molecule has 0 saturated heterocycles. The summed E-state index contributed by atoms with van der Waals surface area (Å²) in [7, 11) is 0. The third-order valence-corrected chi connectivity index (χ3v) is 1.72. The minimum absolute atomic E-state index is 0.492. The molecule has 68 valence electrons. The highest BCUT2D eigenvalue weighted by Crippen LogP contribution is 2.06. The van der Waals surface area contributed by atoms with Crippen LogP contribution in [0.15, 0.2) is 10.8 Å². The van der Waals surface area contributed by atoms with Crippen LogP contribution >= 0.6 is 0 Å². The number of nitrogens with zero attached hydrogens (tertiary/aromatic N) is 1. The number of oxazole rings is 1. The smallest absolute Gasteiger partial charge is 0.181 e. The summed E-state index contributed by atoms with van der Waals surface area (Å²) >= 11 is 0. The van der Waals surface area contributed by atoms with Gasteiger partial charge in [0.2, 0.25) is 0 Å². The highest BCUT2D eigenvalue weighted by molar-refractivity contribution is 5.06. The molecule has 1 aromatic rings. The maximum absolute atomic E-state index is 5.19. The van der Waals surface area contributed by atoms with E-state index < -0.39 is 0 Å². The van der Waals surface area contributed by atoms with Crippen LogP contribution in [-0.2, 0) is 13.0 Å². The number of aryl methyl sites for hydroxylation is 1. The number of hydrogen-bond donors (Lipinski definition) is 1. The molecule has 1 heterocycles. The van der Waals surface area contributed by atoms with Crippen molar-refractivity contribution < 1.29 is 4.42 Å². The van der Waals surface area contributed by atoms with Gasteiger partial charge in [-0.05, 0) is 0 Å². The average molecular weight is 168 g/mol. The van der Waals surface area contributed by atoms with Crippen molar-refractivity contribution >= 4 is 0 Å². The molecule has 0 spiro atoms. The van der Waals surface area contributed by atoms with E-state index in [1.54, 1.807) is 0 Å². The van der Waals surface area contributed by atoms with Crippen molar-refractivity contribution in [3.8, 4) is 0 Å². The average Bonchev–Trinajstić information content (AvgIpc) is 2.47. The second kappa shape index (κ2) is 4.26. The normalized spacial score (nSPS) is 11.0. The molecule has 0 unspecified atom stereocenters. The Bertz CT molecular complexity index is 230. The topological polar surface area (TPSA) is 38.1 Å². The Morgan fingerprint density at radius 1 is 1.58 bits per heavy atom. The molecule has 0 aromatic carbocycles. The molecule has 0 aliphatic carbocycles. The van der Waals surface area contributed by atoms with Crippen molar-refractivity contribution in [2.75, 3.05) is 0 Å². The number of nitrogens with one attached hydrogen (secondary N) is 1. The van der Waals surface area contributed by atoms with E-state index in [9.17, 15) is 0 Å². The lowest BCUT2D eigenvalue weighted by atomic mass is 10.2. The number of aromatic nitrogens is 1. The Morgan fingerprint density at radius 3 is 2.92 bits per heavy atom. The van der Waals surface area contributed by atoms with Crippen molar-refractivity contribution in [1.82, 2.24) is 10.3 Å². The summed E-state index contributed by atoms with van der Waals surface area (Å²) in [5, 5.41) is 3.30. The molecular weight excluding hydrogens is 152 g/mol. The van der Waals surface area contributed by atoms with E-state index in [1.807, 2.05) is 0 Å². The van der Waals surface area contributed by atoms with Crippen LogP contribution in [0.25, 0.3) is 0 Å². The molecule has 1 rings (SSSR count). The Morgan fingerprint density at radius 2 is 2.33 bits per heavy atom. The minimum atomic E-state index is 0.492. The van der Waals surface area contributed by atoms with Gasteiger partial charge < -0.3 is 9.73 Å². The predicted octanol–water partition coefficient (Wildman–Crippen LogP) is 1.74. The quantitative estimate of drug-likeness (QED) is 0.744. The van der Waals surface area contributed by atoms with Gasteiger partial charge in [-0.25, -0.2) is 4.98 Å². The van der Waals surface area contributed by atoms with Crippen LogP contribution in [-0.4, -0.2) is 11.0 Å². The molecule has 12 heavy (non-hydrogen) atoms. The summed E-state index contributed by atoms with van der Waals surface area (Å²) in [4.78, 5) is 4.13. The Hall–Kier alpha value is -0.830. The van der Waals surface area contributed by atoms with E-state index in [2.05, 4.69) is 31.1 Å². The molecule has 0 saturated carbocycles. The van der Waals surface area contributed by atoms with Gasteiger partial charge in [0.05, 0.1) is 5.69 Å². The third-order valence-electron chi connectivity index (χ3n) is 1.72. The van der Waals surface area contributed by atoms with Gasteiger partial charge in [-0.1, -0.05) is 20.8 Å². The lowest BCUT2D eigenvalue weighted by Gasteiger charge is -2.05. The Labute approximate surface area is 73.2 Å². The van der Waals surface area contributed by atoms with E-state index in [0.717, 1.165) is 24.4 Å². The van der Waals surface area contributed by atoms with Crippen LogP contribution < -0.4 is 5.32 Å². The largest absolute Gasteiger partial charge is 0.448 e. The lowest BCUT2D eigenvalue weighted by molar-refractivity contribution is 0.501. The fourth-order valence-corrected chi connectivity index (χ4v) is 1.03. The van der Waals surface area contributed by atoms with E-state index in [-0.39, 0.29) is 0 Å². The van der Waals surface area contributed by atoms with Gasteiger partial charge in [-0.3, -0.25) is 0 Å². The predicted molar refractivity (Wildman–Crippen MR) is 47.9 cm³/mol. The summed E-state index contributed by atoms with van der Waals surface area (Å²) in [6, 6.07) is 0.492. The Kier molecular flexibility index (Phi) is 3.29. The second-order valence-corrected chi connectivity index (χ2v) is 3.11. The molecule has 0 radical (unpaired) electrons. The van der Waals surface area contributed by atoms with Gasteiger partial charge in [0, 0.05) is 19.0 Å². The maximum Gasteiger partial charge on any atom is 0.181 e. The van der Waals surface area contributed by atoms with Crippen molar-refractivity contribution in [3.63, 3.8) is 0 Å². The van der Waals surface area contributed by atoms with Gasteiger partial charge in [0.15, 0.2) is 6.39 Å². The van der Waals surface area contributed by atoms with E-state index in [1.165, 1.54) is 6.39 Å². The molecule has 0 bridgehead atoms. The van der Waals surface area contributed by atoms with E-state index in [4.69, 9.17) is 4.42 Å². The molecular formula is C9H16N2O. The number of rotatable bonds is 4. The van der Waals surface area contributed by atoms with Crippen molar-refractivity contribution in [2.45, 2.75) is 39.8 Å². The van der Waals surface area contributed by atoms with Gasteiger partial charge >= 0.3 is 0 Å². The standard InChI is InChI=1S/C9H16N2O/c1-4-9-8(11-6-12-9)5-10-7(2)3/h6-7,10H,4-5H2,1-3H3. The zero-order chi connectivity index (χ0) is 8.97. The van der Waals surface area contributed by atoms with Crippen LogP contribution in [0.3, 0.4) is 0 Å². The van der Waals surface area contributed by atoms with Crippen LogP contribution in [0.5, 0.6) is 0 Å². The summed E-state index contributed by atoms with van der Waals surface area (Å²) < 4.78 is 5.19. The fourth-order valence-electron chi connectivity index (χ4n) is 1.03. The molecule has 0 atom stereocenters. The first-order valence-corrected chi connectivity index (χ1v) is 4.38. The van der Waals surface area contributed by atoms with E-state index >= 15 is 0 Å². The first-order chi connectivity index (χ1) is 5.74. The van der Waals surface area contributed by atoms with Crippen molar-refractivity contribution in [1.29, 1.82) is 0 Å². The van der Waals surface area contributed by atoms with Gasteiger partial charge in [-0.15, -0.1) is 0 Å². The molecule has 1 N–H and O–H groups in total. The molecule has 1 aromatic heterocycles. The highest BCUT2D eigenvalue weighted by Gasteiger charge is 2.05. The van der Waals surface area contributed by atoms with Crippen LogP contribution in [0.2, 0.25) is 0 Å². The van der Waals surface area contributed by atoms with Crippen molar-refractivity contribution in [3.05, 3.63) is 17.8 Å². The first-order valence-electron chi connectivity index (χ1n) is 4.38. The molecule has 0 aliphatic rings. The van der Waals surface area contributed by atoms with Crippen LogP contribution in [0.1, 0.15) is 32.2 Å². The molecule has 3 nitrogen and oxygen atoms in total. The number of hydrogen-bond acceptors (Lipinski definition) is 3. The van der Waals surface area contributed by atoms with Crippen LogP contribution in [0.4, 0.5) is 0 Å². The molecule has 0 fully saturated rings. The summed E-state index contributed by atoms with van der Waals surface area (Å²) in [6.07, 6.45) is 2.42. The van der Waals surface area contributed by atoms with E-state index in [0.29, 0.717) is 6.04 Å². The monoisotopic (exact) mass is 168 g/mol. The molecule has 0 amide bonds. The van der Waals surface area contributed by atoms with Gasteiger partial charge in [0.25, 0.3) is 0 Å². The molecule has 3 heteroatoms.